The number of hydrogen-bond donors (Lipinski definition) is 0. The summed E-state index contributed by atoms with van der Waals surface area (Å²) in [5.74, 6) is -0.292. The van der Waals surface area contributed by atoms with Gasteiger partial charge in [0.05, 0.1) is 23.0 Å². The van der Waals surface area contributed by atoms with Crippen molar-refractivity contribution in [3.63, 3.8) is 0 Å². The number of carbonyl (C=O) groups is 1. The number of pyridine rings is 1. The van der Waals surface area contributed by atoms with E-state index >= 15 is 0 Å². The Labute approximate surface area is 143 Å². The van der Waals surface area contributed by atoms with Gasteiger partial charge in [-0.1, -0.05) is 0 Å². The van der Waals surface area contributed by atoms with Crippen LogP contribution in [-0.2, 0) is 13.2 Å². The molecule has 0 radical (unpaired) electrons. The normalized spacial score (nSPS) is 12.6. The van der Waals surface area contributed by atoms with Crippen molar-refractivity contribution in [3.8, 4) is 5.82 Å². The molecule has 0 bridgehead atoms. The van der Waals surface area contributed by atoms with Crippen LogP contribution in [0.15, 0.2) is 41.1 Å². The van der Waals surface area contributed by atoms with E-state index < -0.39 is 17.6 Å². The van der Waals surface area contributed by atoms with Crippen molar-refractivity contribution in [1.29, 1.82) is 0 Å². The molecule has 0 N–H and O–H groups in total. The van der Waals surface area contributed by atoms with Gasteiger partial charge in [-0.2, -0.15) is 23.3 Å². The van der Waals surface area contributed by atoms with Gasteiger partial charge in [-0.15, -0.1) is 11.3 Å². The summed E-state index contributed by atoms with van der Waals surface area (Å²) >= 11 is 1.31. The Morgan fingerprint density at radius 3 is 2.60 bits per heavy atom. The van der Waals surface area contributed by atoms with Crippen LogP contribution in [0.5, 0.6) is 0 Å². The predicted octanol–water partition coefficient (Wildman–Crippen LogP) is 2.74. The molecule has 10 heteroatoms. The number of halogens is 3. The minimum Gasteiger partial charge on any atom is -0.327 e. The molecule has 0 saturated heterocycles. The van der Waals surface area contributed by atoms with E-state index in [1.165, 1.54) is 28.3 Å². The van der Waals surface area contributed by atoms with Crippen LogP contribution >= 0.6 is 11.3 Å². The molecule has 0 aliphatic heterocycles. The minimum atomic E-state index is -4.46. The molecule has 0 spiro atoms. The van der Waals surface area contributed by atoms with Crippen molar-refractivity contribution in [3.05, 3.63) is 57.7 Å². The number of hydrogen-bond acceptors (Lipinski definition) is 4. The third kappa shape index (κ3) is 3.38. The monoisotopic (exact) mass is 367 g/mol. The van der Waals surface area contributed by atoms with E-state index in [0.29, 0.717) is 10.5 Å². The standard InChI is InChI=1S/C15H12F3N5OS/c1-9-11(13(24)21-14-22(2)5-6-25-14)8-20-23(9)12-4-3-10(7-19-12)15(16,17)18/h3-8H,1-2H3. The van der Waals surface area contributed by atoms with Crippen molar-refractivity contribution in [2.45, 2.75) is 13.1 Å². The molecule has 0 aliphatic rings. The van der Waals surface area contributed by atoms with Gasteiger partial charge in [0, 0.05) is 24.8 Å². The number of alkyl halides is 3. The first-order valence-corrected chi connectivity index (χ1v) is 7.93. The van der Waals surface area contributed by atoms with E-state index in [2.05, 4.69) is 15.1 Å². The minimum absolute atomic E-state index is 0.186. The van der Waals surface area contributed by atoms with E-state index in [9.17, 15) is 18.0 Å². The summed E-state index contributed by atoms with van der Waals surface area (Å²) in [6.45, 7) is 1.63. The lowest BCUT2D eigenvalue weighted by molar-refractivity contribution is -0.137. The lowest BCUT2D eigenvalue weighted by atomic mass is 10.2. The molecule has 3 heterocycles. The Balaban J connectivity index is 1.94. The van der Waals surface area contributed by atoms with Gasteiger partial charge in [0.25, 0.3) is 5.91 Å². The summed E-state index contributed by atoms with van der Waals surface area (Å²) in [6, 6.07) is 2.12. The molecule has 25 heavy (non-hydrogen) atoms. The summed E-state index contributed by atoms with van der Waals surface area (Å²) in [6.07, 6.45) is -0.623. The number of carbonyl (C=O) groups excluding carboxylic acids is 1. The van der Waals surface area contributed by atoms with Crippen LogP contribution in [-0.4, -0.2) is 25.2 Å². The predicted molar refractivity (Wildman–Crippen MR) is 84.3 cm³/mol. The maximum atomic E-state index is 12.6. The molecule has 0 fully saturated rings. The van der Waals surface area contributed by atoms with E-state index in [-0.39, 0.29) is 11.4 Å². The van der Waals surface area contributed by atoms with Gasteiger partial charge in [-0.25, -0.2) is 9.67 Å². The topological polar surface area (TPSA) is 65.1 Å². The van der Waals surface area contributed by atoms with Crippen LogP contribution in [0.3, 0.4) is 0 Å². The Kier molecular flexibility index (Phi) is 4.29. The third-order valence-electron chi connectivity index (χ3n) is 3.49. The fourth-order valence-corrected chi connectivity index (χ4v) is 2.84. The van der Waals surface area contributed by atoms with Crippen LogP contribution in [0, 0.1) is 6.92 Å². The van der Waals surface area contributed by atoms with Gasteiger partial charge in [-0.05, 0) is 19.1 Å². The summed E-state index contributed by atoms with van der Waals surface area (Å²) in [5.41, 5.74) is -0.145. The van der Waals surface area contributed by atoms with Crippen LogP contribution < -0.4 is 4.80 Å². The average molecular weight is 367 g/mol. The lowest BCUT2D eigenvalue weighted by Gasteiger charge is -2.08. The van der Waals surface area contributed by atoms with Crippen LogP contribution in [0.25, 0.3) is 5.82 Å². The van der Waals surface area contributed by atoms with Gasteiger partial charge < -0.3 is 4.57 Å². The smallest absolute Gasteiger partial charge is 0.327 e. The summed E-state index contributed by atoms with van der Waals surface area (Å²) in [5, 5.41) is 5.84. The van der Waals surface area contributed by atoms with E-state index in [1.54, 1.807) is 30.1 Å². The number of thiazole rings is 1. The highest BCUT2D eigenvalue weighted by atomic mass is 32.1. The second kappa shape index (κ2) is 6.28. The molecule has 6 nitrogen and oxygen atoms in total. The Hall–Kier alpha value is -2.75. The van der Waals surface area contributed by atoms with Gasteiger partial charge in [-0.3, -0.25) is 4.79 Å². The zero-order valence-electron chi connectivity index (χ0n) is 13.2. The molecule has 3 aromatic rings. The third-order valence-corrected chi connectivity index (χ3v) is 4.34. The summed E-state index contributed by atoms with van der Waals surface area (Å²) in [4.78, 5) is 20.7. The quantitative estimate of drug-likeness (QED) is 0.700. The van der Waals surface area contributed by atoms with Gasteiger partial charge >= 0.3 is 6.18 Å². The summed E-state index contributed by atoms with van der Waals surface area (Å²) < 4.78 is 40.8. The number of aryl methyl sites for hydroxylation is 1. The molecule has 1 amide bonds. The van der Waals surface area contributed by atoms with E-state index in [1.807, 2.05) is 0 Å². The first-order chi connectivity index (χ1) is 11.8. The van der Waals surface area contributed by atoms with Crippen LogP contribution in [0.2, 0.25) is 0 Å². The van der Waals surface area contributed by atoms with Crippen molar-refractivity contribution in [2.75, 3.05) is 0 Å². The molecule has 0 aliphatic carbocycles. The van der Waals surface area contributed by atoms with Gasteiger partial charge in [0.2, 0.25) is 0 Å². The lowest BCUT2D eigenvalue weighted by Crippen LogP contribution is -2.13. The fraction of sp³-hybridized carbons (Fsp3) is 0.200. The van der Waals surface area contributed by atoms with Crippen molar-refractivity contribution < 1.29 is 18.0 Å². The molecule has 0 atom stereocenters. The average Bonchev–Trinajstić information content (AvgIpc) is 3.13. The SMILES string of the molecule is Cc1c(C(=O)N=c2sccn2C)cnn1-c1ccc(C(F)(F)F)cn1. The Bertz CT molecular complexity index is 982. The van der Waals surface area contributed by atoms with Crippen molar-refractivity contribution >= 4 is 17.2 Å². The first kappa shape index (κ1) is 17.1. The Morgan fingerprint density at radius 2 is 2.04 bits per heavy atom. The highest BCUT2D eigenvalue weighted by molar-refractivity contribution is 7.07. The Morgan fingerprint density at radius 1 is 1.28 bits per heavy atom. The molecular formula is C15H12F3N5OS. The largest absolute Gasteiger partial charge is 0.417 e. The summed E-state index contributed by atoms with van der Waals surface area (Å²) in [7, 11) is 1.77. The zero-order chi connectivity index (χ0) is 18.2. The number of nitrogens with zero attached hydrogens (tertiary/aromatic N) is 5. The zero-order valence-corrected chi connectivity index (χ0v) is 14.0. The van der Waals surface area contributed by atoms with Crippen LogP contribution in [0.1, 0.15) is 21.6 Å². The highest BCUT2D eigenvalue weighted by Gasteiger charge is 2.30. The van der Waals surface area contributed by atoms with Gasteiger partial charge in [0.1, 0.15) is 0 Å². The van der Waals surface area contributed by atoms with E-state index in [4.69, 9.17) is 0 Å². The first-order valence-electron chi connectivity index (χ1n) is 7.05. The second-order valence-corrected chi connectivity index (χ2v) is 6.04. The van der Waals surface area contributed by atoms with E-state index in [0.717, 1.165) is 12.3 Å². The molecular weight excluding hydrogens is 355 g/mol. The molecule has 0 unspecified atom stereocenters. The second-order valence-electron chi connectivity index (χ2n) is 5.17. The fourth-order valence-electron chi connectivity index (χ4n) is 2.11. The molecule has 3 aromatic heterocycles. The maximum absolute atomic E-state index is 12.6. The molecule has 0 saturated carbocycles. The molecule has 130 valence electrons. The highest BCUT2D eigenvalue weighted by Crippen LogP contribution is 2.28. The van der Waals surface area contributed by atoms with Crippen molar-refractivity contribution in [1.82, 2.24) is 19.3 Å². The maximum Gasteiger partial charge on any atom is 0.417 e. The van der Waals surface area contributed by atoms with Gasteiger partial charge in [0.15, 0.2) is 10.6 Å². The number of aromatic nitrogens is 4. The number of amides is 1. The van der Waals surface area contributed by atoms with Crippen molar-refractivity contribution in [2.24, 2.45) is 12.0 Å². The molecule has 0 aromatic carbocycles. The van der Waals surface area contributed by atoms with Crippen LogP contribution in [0.4, 0.5) is 13.2 Å². The molecule has 3 rings (SSSR count). The number of rotatable bonds is 2.